The quantitative estimate of drug-likeness (QED) is 0.852. The summed E-state index contributed by atoms with van der Waals surface area (Å²) in [4.78, 5) is 39.7. The molecule has 2 aromatic rings. The van der Waals surface area contributed by atoms with Gasteiger partial charge in [-0.25, -0.2) is 4.79 Å². The van der Waals surface area contributed by atoms with Crippen molar-refractivity contribution in [2.45, 2.75) is 32.7 Å². The molecule has 1 amide bonds. The van der Waals surface area contributed by atoms with Crippen molar-refractivity contribution in [3.63, 3.8) is 0 Å². The number of likely N-dealkylation sites (tertiary alicyclic amines) is 1. The van der Waals surface area contributed by atoms with Crippen LogP contribution in [0, 0.1) is 5.41 Å². The Kier molecular flexibility index (Phi) is 4.70. The second-order valence-electron chi connectivity index (χ2n) is 7.83. The van der Waals surface area contributed by atoms with E-state index in [0.717, 1.165) is 36.3 Å². The molecule has 0 spiro atoms. The van der Waals surface area contributed by atoms with Gasteiger partial charge in [0.2, 0.25) is 12.7 Å². The number of nitrogens with one attached hydrogen (secondary N) is 1. The van der Waals surface area contributed by atoms with E-state index in [1.807, 2.05) is 23.1 Å². The molecule has 2 aliphatic rings. The Hall–Kier alpha value is -3.03. The van der Waals surface area contributed by atoms with E-state index in [0.29, 0.717) is 13.1 Å². The number of hydrogen-bond acceptors (Lipinski definition) is 5. The molecule has 0 aliphatic carbocycles. The number of carbonyl (C=O) groups is 1. The summed E-state index contributed by atoms with van der Waals surface area (Å²) in [7, 11) is 0. The number of benzene rings is 1. The first kappa shape index (κ1) is 18.3. The van der Waals surface area contributed by atoms with Crippen LogP contribution in [0.2, 0.25) is 0 Å². The second kappa shape index (κ2) is 7.18. The van der Waals surface area contributed by atoms with Crippen molar-refractivity contribution >= 4 is 5.91 Å². The third-order valence-electron chi connectivity index (χ3n) is 5.40. The first-order valence-electron chi connectivity index (χ1n) is 9.38. The highest BCUT2D eigenvalue weighted by molar-refractivity contribution is 5.76. The number of aromatic nitrogens is 2. The monoisotopic (exact) mass is 385 g/mol. The van der Waals surface area contributed by atoms with Gasteiger partial charge in [-0.3, -0.25) is 19.1 Å². The Morgan fingerprint density at radius 3 is 2.86 bits per heavy atom. The standard InChI is InChI=1S/C20H23N3O5/c1-20(10-14-3-4-15-16(9-14)28-13-27-15)6-2-7-23(12-20)18(25)11-22-8-5-17(24)21-19(22)26/h3-5,8-9H,2,6-7,10-13H2,1H3,(H,21,24,26). The summed E-state index contributed by atoms with van der Waals surface area (Å²) in [6.07, 6.45) is 4.11. The molecule has 8 nitrogen and oxygen atoms in total. The van der Waals surface area contributed by atoms with Gasteiger partial charge >= 0.3 is 5.69 Å². The first-order valence-corrected chi connectivity index (χ1v) is 9.38. The maximum Gasteiger partial charge on any atom is 0.328 e. The lowest BCUT2D eigenvalue weighted by Gasteiger charge is -2.41. The number of nitrogens with zero attached hydrogens (tertiary/aromatic N) is 2. The van der Waals surface area contributed by atoms with Gasteiger partial charge in [0.1, 0.15) is 6.54 Å². The van der Waals surface area contributed by atoms with Crippen molar-refractivity contribution in [2.24, 2.45) is 5.41 Å². The number of piperidine rings is 1. The molecule has 1 atom stereocenters. The third kappa shape index (κ3) is 3.81. The van der Waals surface area contributed by atoms with E-state index < -0.39 is 11.2 Å². The van der Waals surface area contributed by atoms with Gasteiger partial charge in [0.05, 0.1) is 0 Å². The Balaban J connectivity index is 1.44. The van der Waals surface area contributed by atoms with Gasteiger partial charge in [0.15, 0.2) is 11.5 Å². The van der Waals surface area contributed by atoms with E-state index in [4.69, 9.17) is 9.47 Å². The number of aromatic amines is 1. The molecule has 28 heavy (non-hydrogen) atoms. The van der Waals surface area contributed by atoms with Crippen molar-refractivity contribution in [1.29, 1.82) is 0 Å². The normalized spacial score (nSPS) is 21.0. The summed E-state index contributed by atoms with van der Waals surface area (Å²) in [5.74, 6) is 1.41. The predicted octanol–water partition coefficient (Wildman–Crippen LogP) is 1.14. The van der Waals surface area contributed by atoms with Crippen LogP contribution >= 0.6 is 0 Å². The van der Waals surface area contributed by atoms with Crippen molar-refractivity contribution in [1.82, 2.24) is 14.5 Å². The fraction of sp³-hybridized carbons (Fsp3) is 0.450. The van der Waals surface area contributed by atoms with Gasteiger partial charge in [-0.2, -0.15) is 0 Å². The zero-order valence-electron chi connectivity index (χ0n) is 15.8. The summed E-state index contributed by atoms with van der Waals surface area (Å²) in [5, 5.41) is 0. The predicted molar refractivity (Wildman–Crippen MR) is 102 cm³/mol. The van der Waals surface area contributed by atoms with Crippen LogP contribution in [0.15, 0.2) is 40.1 Å². The minimum Gasteiger partial charge on any atom is -0.454 e. The molecular formula is C20H23N3O5. The molecule has 148 valence electrons. The van der Waals surface area contributed by atoms with Crippen LogP contribution in [-0.4, -0.2) is 40.2 Å². The van der Waals surface area contributed by atoms with E-state index in [1.54, 1.807) is 0 Å². The zero-order chi connectivity index (χ0) is 19.7. The lowest BCUT2D eigenvalue weighted by Crippen LogP contribution is -2.47. The number of amides is 1. The minimum atomic E-state index is -0.569. The van der Waals surface area contributed by atoms with E-state index >= 15 is 0 Å². The minimum absolute atomic E-state index is 0.0580. The van der Waals surface area contributed by atoms with Crippen LogP contribution in [0.4, 0.5) is 0 Å². The van der Waals surface area contributed by atoms with Gasteiger partial charge in [-0.15, -0.1) is 0 Å². The second-order valence-corrected chi connectivity index (χ2v) is 7.83. The highest BCUT2D eigenvalue weighted by atomic mass is 16.7. The van der Waals surface area contributed by atoms with Crippen LogP contribution in [0.1, 0.15) is 25.3 Å². The summed E-state index contributed by atoms with van der Waals surface area (Å²) < 4.78 is 12.1. The zero-order valence-corrected chi connectivity index (χ0v) is 15.8. The number of ether oxygens (including phenoxy) is 2. The van der Waals surface area contributed by atoms with Crippen LogP contribution in [0.3, 0.4) is 0 Å². The molecule has 2 aliphatic heterocycles. The molecule has 0 bridgehead atoms. The van der Waals surface area contributed by atoms with Crippen molar-refractivity contribution in [3.8, 4) is 11.5 Å². The van der Waals surface area contributed by atoms with Crippen molar-refractivity contribution in [3.05, 3.63) is 56.9 Å². The molecule has 1 fully saturated rings. The molecular weight excluding hydrogens is 362 g/mol. The SMILES string of the molecule is CC1(Cc2ccc3c(c2)OCO3)CCCN(C(=O)Cn2ccc(=O)[nH]c2=O)C1. The lowest BCUT2D eigenvalue weighted by atomic mass is 9.77. The third-order valence-corrected chi connectivity index (χ3v) is 5.40. The number of fused-ring (bicyclic) bond motifs is 1. The molecule has 1 aromatic carbocycles. The molecule has 3 heterocycles. The van der Waals surface area contributed by atoms with Gasteiger partial charge in [0, 0.05) is 25.4 Å². The average molecular weight is 385 g/mol. The van der Waals surface area contributed by atoms with Crippen LogP contribution < -0.4 is 20.7 Å². The Morgan fingerprint density at radius 2 is 2.04 bits per heavy atom. The van der Waals surface area contributed by atoms with Gasteiger partial charge < -0.3 is 14.4 Å². The average Bonchev–Trinajstić information content (AvgIpc) is 3.11. The fourth-order valence-electron chi connectivity index (χ4n) is 4.03. The summed E-state index contributed by atoms with van der Waals surface area (Å²) in [5.41, 5.74) is 0.0549. The first-order chi connectivity index (χ1) is 13.4. The summed E-state index contributed by atoms with van der Waals surface area (Å²) >= 11 is 0. The molecule has 4 rings (SSSR count). The largest absolute Gasteiger partial charge is 0.454 e. The molecule has 1 aromatic heterocycles. The van der Waals surface area contributed by atoms with Gasteiger partial charge in [-0.1, -0.05) is 13.0 Å². The Bertz CT molecular complexity index is 1010. The molecule has 1 saturated heterocycles. The molecule has 8 heteroatoms. The van der Waals surface area contributed by atoms with Gasteiger partial charge in [0.25, 0.3) is 5.56 Å². The summed E-state index contributed by atoms with van der Waals surface area (Å²) in [6, 6.07) is 7.22. The van der Waals surface area contributed by atoms with Gasteiger partial charge in [-0.05, 0) is 42.4 Å². The molecule has 1 N–H and O–H groups in total. The van der Waals surface area contributed by atoms with Crippen LogP contribution in [-0.2, 0) is 17.8 Å². The highest BCUT2D eigenvalue weighted by Crippen LogP contribution is 2.37. The maximum absolute atomic E-state index is 12.7. The summed E-state index contributed by atoms with van der Waals surface area (Å²) in [6.45, 7) is 3.66. The highest BCUT2D eigenvalue weighted by Gasteiger charge is 2.33. The fourth-order valence-corrected chi connectivity index (χ4v) is 4.03. The Labute approximate surface area is 161 Å². The number of carbonyl (C=O) groups excluding carboxylic acids is 1. The lowest BCUT2D eigenvalue weighted by molar-refractivity contribution is -0.135. The smallest absolute Gasteiger partial charge is 0.328 e. The molecule has 1 unspecified atom stereocenters. The van der Waals surface area contributed by atoms with Crippen LogP contribution in [0.25, 0.3) is 0 Å². The Morgan fingerprint density at radius 1 is 1.21 bits per heavy atom. The van der Waals surface area contributed by atoms with E-state index in [1.165, 1.54) is 16.8 Å². The maximum atomic E-state index is 12.7. The molecule has 0 radical (unpaired) electrons. The van der Waals surface area contributed by atoms with E-state index in [2.05, 4.69) is 11.9 Å². The van der Waals surface area contributed by atoms with Crippen molar-refractivity contribution in [2.75, 3.05) is 19.9 Å². The number of hydrogen-bond donors (Lipinski definition) is 1. The van der Waals surface area contributed by atoms with E-state index in [-0.39, 0.29) is 24.7 Å². The number of H-pyrrole nitrogens is 1. The van der Waals surface area contributed by atoms with Crippen molar-refractivity contribution < 1.29 is 14.3 Å². The molecule has 0 saturated carbocycles. The van der Waals surface area contributed by atoms with Crippen LogP contribution in [0.5, 0.6) is 11.5 Å². The van der Waals surface area contributed by atoms with E-state index in [9.17, 15) is 14.4 Å². The number of rotatable bonds is 4. The topological polar surface area (TPSA) is 93.6 Å².